The van der Waals surface area contributed by atoms with Crippen LogP contribution in [0.5, 0.6) is 5.75 Å². The Morgan fingerprint density at radius 2 is 1.94 bits per heavy atom. The maximum Gasteiger partial charge on any atom is 0.335 e. The predicted molar refractivity (Wildman–Crippen MR) is 70.4 cm³/mol. The molecule has 0 saturated heterocycles. The number of carbonyl (C=O) groups is 1. The van der Waals surface area contributed by atoms with Crippen LogP contribution in [0.25, 0.3) is 11.1 Å². The van der Waals surface area contributed by atoms with Gasteiger partial charge in [0.05, 0.1) is 17.7 Å². The van der Waals surface area contributed by atoms with Crippen LogP contribution in [0.15, 0.2) is 42.5 Å². The van der Waals surface area contributed by atoms with Gasteiger partial charge in [-0.25, -0.2) is 4.79 Å². The number of aromatic carboxylic acids is 1. The second kappa shape index (κ2) is 5.10. The fourth-order valence-electron chi connectivity index (χ4n) is 1.71. The average molecular weight is 263 g/mol. The predicted octanol–water partition coefficient (Wildman–Crippen LogP) is 3.71. The number of carboxylic acids is 1. The summed E-state index contributed by atoms with van der Waals surface area (Å²) in [6, 6.07) is 12.0. The molecule has 0 aliphatic heterocycles. The van der Waals surface area contributed by atoms with E-state index in [1.807, 2.05) is 18.2 Å². The van der Waals surface area contributed by atoms with E-state index >= 15 is 0 Å². The molecule has 2 aromatic carbocycles. The van der Waals surface area contributed by atoms with Crippen LogP contribution in [0.2, 0.25) is 5.02 Å². The van der Waals surface area contributed by atoms with Crippen molar-refractivity contribution in [3.63, 3.8) is 0 Å². The molecule has 0 heterocycles. The van der Waals surface area contributed by atoms with Crippen LogP contribution in [0.3, 0.4) is 0 Å². The monoisotopic (exact) mass is 262 g/mol. The van der Waals surface area contributed by atoms with Crippen LogP contribution in [0.1, 0.15) is 10.4 Å². The number of benzene rings is 2. The van der Waals surface area contributed by atoms with Crippen LogP contribution >= 0.6 is 11.6 Å². The number of carboxylic acid groups (broad SMARTS) is 1. The Hall–Kier alpha value is -2.00. The fourth-order valence-corrected chi connectivity index (χ4v) is 2.02. The summed E-state index contributed by atoms with van der Waals surface area (Å²) >= 11 is 6.20. The molecule has 0 unspecified atom stereocenters. The van der Waals surface area contributed by atoms with Gasteiger partial charge in [0.25, 0.3) is 0 Å². The maximum absolute atomic E-state index is 10.9. The van der Waals surface area contributed by atoms with Gasteiger partial charge in [0.15, 0.2) is 0 Å². The van der Waals surface area contributed by atoms with Crippen LogP contribution in [0.4, 0.5) is 0 Å². The van der Waals surface area contributed by atoms with Gasteiger partial charge < -0.3 is 9.84 Å². The lowest BCUT2D eigenvalue weighted by Crippen LogP contribution is -1.96. The van der Waals surface area contributed by atoms with Crippen LogP contribution in [-0.2, 0) is 0 Å². The molecule has 0 atom stereocenters. The van der Waals surface area contributed by atoms with Gasteiger partial charge in [-0.3, -0.25) is 0 Å². The molecule has 2 rings (SSSR count). The molecule has 3 nitrogen and oxygen atoms in total. The molecule has 18 heavy (non-hydrogen) atoms. The maximum atomic E-state index is 10.9. The Balaban J connectivity index is 2.55. The summed E-state index contributed by atoms with van der Waals surface area (Å²) < 4.78 is 5.14. The van der Waals surface area contributed by atoms with E-state index in [-0.39, 0.29) is 5.56 Å². The van der Waals surface area contributed by atoms with E-state index < -0.39 is 5.97 Å². The molecule has 0 spiro atoms. The molecule has 0 amide bonds. The van der Waals surface area contributed by atoms with Crippen molar-refractivity contribution in [3.05, 3.63) is 53.1 Å². The van der Waals surface area contributed by atoms with Gasteiger partial charge in [-0.2, -0.15) is 0 Å². The van der Waals surface area contributed by atoms with Crippen molar-refractivity contribution in [2.75, 3.05) is 7.11 Å². The lowest BCUT2D eigenvalue weighted by atomic mass is 10.0. The number of halogens is 1. The Kier molecular flexibility index (Phi) is 3.53. The minimum Gasteiger partial charge on any atom is -0.495 e. The molecule has 0 aliphatic rings. The molecule has 0 aliphatic carbocycles. The SMILES string of the molecule is COc1cccc(-c2cccc(C(=O)O)c2)c1Cl. The van der Waals surface area contributed by atoms with Crippen LogP contribution in [0, 0.1) is 0 Å². The largest absolute Gasteiger partial charge is 0.495 e. The zero-order valence-corrected chi connectivity index (χ0v) is 10.4. The summed E-state index contributed by atoms with van der Waals surface area (Å²) in [6.45, 7) is 0. The van der Waals surface area contributed by atoms with Gasteiger partial charge >= 0.3 is 5.97 Å². The minimum atomic E-state index is -0.962. The van der Waals surface area contributed by atoms with Gasteiger partial charge in [-0.1, -0.05) is 35.9 Å². The number of ether oxygens (including phenoxy) is 1. The molecule has 0 aromatic heterocycles. The van der Waals surface area contributed by atoms with E-state index in [4.69, 9.17) is 21.4 Å². The van der Waals surface area contributed by atoms with Gasteiger partial charge in [-0.15, -0.1) is 0 Å². The summed E-state index contributed by atoms with van der Waals surface area (Å²) in [5.41, 5.74) is 1.73. The van der Waals surface area contributed by atoms with Gasteiger partial charge in [0.1, 0.15) is 5.75 Å². The smallest absolute Gasteiger partial charge is 0.335 e. The fraction of sp³-hybridized carbons (Fsp3) is 0.0714. The van der Waals surface area contributed by atoms with Crippen molar-refractivity contribution in [3.8, 4) is 16.9 Å². The van der Waals surface area contributed by atoms with Gasteiger partial charge in [0, 0.05) is 5.56 Å². The molecule has 2 aromatic rings. The molecular weight excluding hydrogens is 252 g/mol. The quantitative estimate of drug-likeness (QED) is 0.917. The number of hydrogen-bond acceptors (Lipinski definition) is 2. The highest BCUT2D eigenvalue weighted by Gasteiger charge is 2.10. The Morgan fingerprint density at radius 1 is 1.22 bits per heavy atom. The molecule has 0 saturated carbocycles. The van der Waals surface area contributed by atoms with Crippen molar-refractivity contribution < 1.29 is 14.6 Å². The van der Waals surface area contributed by atoms with E-state index in [0.29, 0.717) is 10.8 Å². The Morgan fingerprint density at radius 3 is 2.61 bits per heavy atom. The first-order chi connectivity index (χ1) is 8.63. The van der Waals surface area contributed by atoms with Crippen LogP contribution in [-0.4, -0.2) is 18.2 Å². The van der Waals surface area contributed by atoms with E-state index in [2.05, 4.69) is 0 Å². The van der Waals surface area contributed by atoms with Gasteiger partial charge in [0.2, 0.25) is 0 Å². The van der Waals surface area contributed by atoms with Crippen molar-refractivity contribution in [2.24, 2.45) is 0 Å². The molecule has 0 radical (unpaired) electrons. The van der Waals surface area contributed by atoms with E-state index in [9.17, 15) is 4.79 Å². The summed E-state index contributed by atoms with van der Waals surface area (Å²) in [4.78, 5) is 10.9. The molecule has 0 bridgehead atoms. The lowest BCUT2D eigenvalue weighted by molar-refractivity contribution is 0.0697. The van der Waals surface area contributed by atoms with E-state index in [0.717, 1.165) is 11.1 Å². The Bertz CT molecular complexity index is 593. The highest BCUT2D eigenvalue weighted by atomic mass is 35.5. The number of methoxy groups -OCH3 is 1. The highest BCUT2D eigenvalue weighted by molar-refractivity contribution is 6.34. The first kappa shape index (κ1) is 12.5. The minimum absolute atomic E-state index is 0.228. The average Bonchev–Trinajstić information content (AvgIpc) is 2.39. The topological polar surface area (TPSA) is 46.5 Å². The van der Waals surface area contributed by atoms with E-state index in [1.54, 1.807) is 31.4 Å². The number of rotatable bonds is 3. The zero-order valence-electron chi connectivity index (χ0n) is 9.68. The standard InChI is InChI=1S/C14H11ClO3/c1-18-12-7-3-6-11(13(12)15)9-4-2-5-10(8-9)14(16)17/h2-8H,1H3,(H,16,17). The summed E-state index contributed by atoms with van der Waals surface area (Å²) in [6.07, 6.45) is 0. The molecular formula is C14H11ClO3. The van der Waals surface area contributed by atoms with E-state index in [1.165, 1.54) is 0 Å². The number of hydrogen-bond donors (Lipinski definition) is 1. The molecule has 4 heteroatoms. The van der Waals surface area contributed by atoms with Crippen molar-refractivity contribution in [1.82, 2.24) is 0 Å². The Labute approximate surface area is 110 Å². The molecule has 92 valence electrons. The van der Waals surface area contributed by atoms with Crippen molar-refractivity contribution in [1.29, 1.82) is 0 Å². The molecule has 0 fully saturated rings. The summed E-state index contributed by atoms with van der Waals surface area (Å²) in [5, 5.41) is 9.44. The second-order valence-corrected chi connectivity index (χ2v) is 4.09. The lowest BCUT2D eigenvalue weighted by Gasteiger charge is -2.09. The normalized spacial score (nSPS) is 10.1. The first-order valence-corrected chi connectivity index (χ1v) is 5.67. The van der Waals surface area contributed by atoms with Crippen molar-refractivity contribution >= 4 is 17.6 Å². The summed E-state index contributed by atoms with van der Waals surface area (Å²) in [5.74, 6) is -0.397. The first-order valence-electron chi connectivity index (χ1n) is 5.29. The summed E-state index contributed by atoms with van der Waals surface area (Å²) in [7, 11) is 1.54. The van der Waals surface area contributed by atoms with Crippen LogP contribution < -0.4 is 4.74 Å². The highest BCUT2D eigenvalue weighted by Crippen LogP contribution is 2.35. The molecule has 1 N–H and O–H groups in total. The third-order valence-electron chi connectivity index (χ3n) is 2.60. The third kappa shape index (κ3) is 2.31. The third-order valence-corrected chi connectivity index (χ3v) is 2.99. The second-order valence-electron chi connectivity index (χ2n) is 3.71. The van der Waals surface area contributed by atoms with Gasteiger partial charge in [-0.05, 0) is 23.8 Å². The van der Waals surface area contributed by atoms with Crippen molar-refractivity contribution in [2.45, 2.75) is 0 Å². The zero-order chi connectivity index (χ0) is 13.1.